The van der Waals surface area contributed by atoms with E-state index < -0.39 is 11.6 Å². The minimum absolute atomic E-state index is 0.338. The van der Waals surface area contributed by atoms with Crippen LogP contribution in [-0.2, 0) is 10.3 Å². The first-order valence-corrected chi connectivity index (χ1v) is 6.25. The summed E-state index contributed by atoms with van der Waals surface area (Å²) in [6.07, 6.45) is 0. The highest BCUT2D eigenvalue weighted by Gasteiger charge is 2.43. The van der Waals surface area contributed by atoms with Gasteiger partial charge in [0.2, 0.25) is 0 Å². The Morgan fingerprint density at radius 2 is 1.75 bits per heavy atom. The van der Waals surface area contributed by atoms with Crippen molar-refractivity contribution in [3.63, 3.8) is 0 Å². The minimum atomic E-state index is -1.02. The molecule has 0 saturated carbocycles. The Morgan fingerprint density at radius 1 is 1.05 bits per heavy atom. The second-order valence-corrected chi connectivity index (χ2v) is 4.96. The predicted octanol–water partition coefficient (Wildman–Crippen LogP) is 1.90. The fraction of sp³-hybridized carbons (Fsp3) is 0.200. The highest BCUT2D eigenvalue weighted by atomic mass is 16.5. The number of imide groups is 1. The van der Waals surface area contributed by atoms with Crippen LogP contribution in [0.3, 0.4) is 0 Å². The fourth-order valence-corrected chi connectivity index (χ4v) is 2.41. The van der Waals surface area contributed by atoms with Crippen molar-refractivity contribution in [2.45, 2.75) is 12.5 Å². The fourth-order valence-electron chi connectivity index (χ4n) is 2.41. The van der Waals surface area contributed by atoms with Gasteiger partial charge in [-0.05, 0) is 41.5 Å². The van der Waals surface area contributed by atoms with Crippen molar-refractivity contribution in [1.82, 2.24) is 10.6 Å². The number of carbonyl (C=O) groups excluding carboxylic acids is 2. The predicted molar refractivity (Wildman–Crippen MR) is 74.5 cm³/mol. The summed E-state index contributed by atoms with van der Waals surface area (Å²) >= 11 is 0. The molecule has 0 radical (unpaired) electrons. The summed E-state index contributed by atoms with van der Waals surface area (Å²) in [4.78, 5) is 23.3. The summed E-state index contributed by atoms with van der Waals surface area (Å²) in [5, 5.41) is 6.92. The number of amides is 3. The molecule has 20 heavy (non-hydrogen) atoms. The van der Waals surface area contributed by atoms with Crippen LogP contribution >= 0.6 is 0 Å². The molecule has 2 N–H and O–H groups in total. The van der Waals surface area contributed by atoms with Crippen molar-refractivity contribution in [2.24, 2.45) is 0 Å². The molecule has 1 aliphatic heterocycles. The first-order chi connectivity index (χ1) is 9.53. The van der Waals surface area contributed by atoms with Crippen molar-refractivity contribution >= 4 is 22.7 Å². The lowest BCUT2D eigenvalue weighted by molar-refractivity contribution is -0.123. The maximum absolute atomic E-state index is 11.9. The highest BCUT2D eigenvalue weighted by Crippen LogP contribution is 2.29. The third kappa shape index (κ3) is 1.79. The lowest BCUT2D eigenvalue weighted by Gasteiger charge is -2.21. The maximum Gasteiger partial charge on any atom is 0.322 e. The van der Waals surface area contributed by atoms with Crippen LogP contribution in [0.25, 0.3) is 10.8 Å². The van der Waals surface area contributed by atoms with Crippen LogP contribution in [0.1, 0.15) is 12.5 Å². The molecule has 0 unspecified atom stereocenters. The van der Waals surface area contributed by atoms with Crippen LogP contribution in [-0.4, -0.2) is 19.0 Å². The molecule has 2 aromatic rings. The second-order valence-electron chi connectivity index (χ2n) is 4.96. The molecule has 0 spiro atoms. The molecule has 0 aromatic heterocycles. The van der Waals surface area contributed by atoms with E-state index in [0.717, 1.165) is 22.1 Å². The molecule has 0 aliphatic carbocycles. The van der Waals surface area contributed by atoms with Crippen LogP contribution in [0, 0.1) is 0 Å². The molecule has 1 saturated heterocycles. The smallest absolute Gasteiger partial charge is 0.322 e. The van der Waals surface area contributed by atoms with Crippen LogP contribution in [0.2, 0.25) is 0 Å². The molecule has 3 amide bonds. The molecule has 1 aliphatic rings. The van der Waals surface area contributed by atoms with Gasteiger partial charge in [-0.2, -0.15) is 0 Å². The molecule has 1 atom stereocenters. The summed E-state index contributed by atoms with van der Waals surface area (Å²) in [5.74, 6) is 0.443. The van der Waals surface area contributed by atoms with E-state index in [1.54, 1.807) is 14.0 Å². The molecule has 5 heteroatoms. The van der Waals surface area contributed by atoms with E-state index in [1.807, 2.05) is 36.4 Å². The van der Waals surface area contributed by atoms with Crippen molar-refractivity contribution < 1.29 is 14.3 Å². The Morgan fingerprint density at radius 3 is 2.40 bits per heavy atom. The van der Waals surface area contributed by atoms with Gasteiger partial charge < -0.3 is 10.1 Å². The van der Waals surface area contributed by atoms with E-state index in [0.29, 0.717) is 0 Å². The zero-order valence-electron chi connectivity index (χ0n) is 11.2. The lowest BCUT2D eigenvalue weighted by atomic mass is 9.90. The van der Waals surface area contributed by atoms with Gasteiger partial charge in [-0.15, -0.1) is 0 Å². The Balaban J connectivity index is 2.09. The van der Waals surface area contributed by atoms with Gasteiger partial charge in [0.15, 0.2) is 0 Å². The Bertz CT molecular complexity index is 726. The van der Waals surface area contributed by atoms with Crippen LogP contribution in [0.15, 0.2) is 36.4 Å². The molecule has 3 rings (SSSR count). The topological polar surface area (TPSA) is 67.4 Å². The van der Waals surface area contributed by atoms with Crippen molar-refractivity contribution in [1.29, 1.82) is 0 Å². The van der Waals surface area contributed by atoms with Crippen molar-refractivity contribution in [3.8, 4) is 5.75 Å². The Kier molecular flexibility index (Phi) is 2.64. The van der Waals surface area contributed by atoms with E-state index >= 15 is 0 Å². The average molecular weight is 270 g/mol. The van der Waals surface area contributed by atoms with E-state index in [1.165, 1.54) is 0 Å². The van der Waals surface area contributed by atoms with E-state index in [-0.39, 0.29) is 5.91 Å². The van der Waals surface area contributed by atoms with Crippen LogP contribution in [0.4, 0.5) is 4.79 Å². The minimum Gasteiger partial charge on any atom is -0.497 e. The van der Waals surface area contributed by atoms with Gasteiger partial charge in [-0.1, -0.05) is 18.2 Å². The van der Waals surface area contributed by atoms with Gasteiger partial charge >= 0.3 is 6.03 Å². The number of methoxy groups -OCH3 is 1. The standard InChI is InChI=1S/C15H14N2O3/c1-15(13(18)16-14(19)17-15)11-5-3-10-8-12(20-2)6-4-9(10)7-11/h3-8H,1-2H3,(H2,16,17,18,19)/t15-/m1/s1. The summed E-state index contributed by atoms with van der Waals surface area (Å²) < 4.78 is 5.18. The number of carbonyl (C=O) groups is 2. The van der Waals surface area contributed by atoms with E-state index in [9.17, 15) is 9.59 Å². The highest BCUT2D eigenvalue weighted by molar-refractivity contribution is 6.07. The molecule has 0 bridgehead atoms. The molecule has 1 heterocycles. The summed E-state index contributed by atoms with van der Waals surface area (Å²) in [7, 11) is 1.62. The summed E-state index contributed by atoms with van der Waals surface area (Å²) in [5.41, 5.74) is -0.274. The van der Waals surface area contributed by atoms with Gasteiger partial charge in [-0.25, -0.2) is 4.79 Å². The first kappa shape index (κ1) is 12.5. The zero-order valence-corrected chi connectivity index (χ0v) is 11.2. The first-order valence-electron chi connectivity index (χ1n) is 6.25. The third-order valence-corrected chi connectivity index (χ3v) is 3.67. The van der Waals surface area contributed by atoms with Gasteiger partial charge in [-0.3, -0.25) is 10.1 Å². The lowest BCUT2D eigenvalue weighted by Crippen LogP contribution is -2.40. The van der Waals surface area contributed by atoms with Gasteiger partial charge in [0.1, 0.15) is 11.3 Å². The number of benzene rings is 2. The molecular formula is C15H14N2O3. The van der Waals surface area contributed by atoms with E-state index in [4.69, 9.17) is 4.74 Å². The van der Waals surface area contributed by atoms with Crippen LogP contribution in [0.5, 0.6) is 5.75 Å². The monoisotopic (exact) mass is 270 g/mol. The molecule has 5 nitrogen and oxygen atoms in total. The molecule has 102 valence electrons. The zero-order chi connectivity index (χ0) is 14.3. The quantitative estimate of drug-likeness (QED) is 0.819. The maximum atomic E-state index is 11.9. The Hall–Kier alpha value is -2.56. The second kappa shape index (κ2) is 4.23. The number of nitrogens with one attached hydrogen (secondary N) is 2. The van der Waals surface area contributed by atoms with Gasteiger partial charge in [0.25, 0.3) is 5.91 Å². The van der Waals surface area contributed by atoms with E-state index in [2.05, 4.69) is 10.6 Å². The number of fused-ring (bicyclic) bond motifs is 1. The van der Waals surface area contributed by atoms with Crippen molar-refractivity contribution in [2.75, 3.05) is 7.11 Å². The number of urea groups is 1. The SMILES string of the molecule is COc1ccc2cc([C@@]3(C)NC(=O)NC3=O)ccc2c1. The summed E-state index contributed by atoms with van der Waals surface area (Å²) in [6, 6.07) is 10.9. The normalized spacial score (nSPS) is 21.7. The number of hydrogen-bond donors (Lipinski definition) is 2. The van der Waals surface area contributed by atoms with Crippen LogP contribution < -0.4 is 15.4 Å². The molecular weight excluding hydrogens is 256 g/mol. The average Bonchev–Trinajstić information content (AvgIpc) is 2.71. The number of ether oxygens (including phenoxy) is 1. The third-order valence-electron chi connectivity index (χ3n) is 3.67. The van der Waals surface area contributed by atoms with Gasteiger partial charge in [0, 0.05) is 0 Å². The summed E-state index contributed by atoms with van der Waals surface area (Å²) in [6.45, 7) is 1.69. The largest absolute Gasteiger partial charge is 0.497 e. The molecule has 2 aromatic carbocycles. The number of hydrogen-bond acceptors (Lipinski definition) is 3. The van der Waals surface area contributed by atoms with Gasteiger partial charge in [0.05, 0.1) is 7.11 Å². The molecule has 1 fully saturated rings. The Labute approximate surface area is 115 Å². The number of rotatable bonds is 2. The van der Waals surface area contributed by atoms with Crippen molar-refractivity contribution in [3.05, 3.63) is 42.0 Å².